The Kier molecular flexibility index (Phi) is 3.74. The van der Waals surface area contributed by atoms with Gasteiger partial charge in [-0.1, -0.05) is 0 Å². The van der Waals surface area contributed by atoms with E-state index in [-0.39, 0.29) is 35.7 Å². The van der Waals surface area contributed by atoms with Crippen LogP contribution in [0.2, 0.25) is 0 Å². The van der Waals surface area contributed by atoms with Crippen molar-refractivity contribution in [3.05, 3.63) is 16.4 Å². The van der Waals surface area contributed by atoms with Crippen LogP contribution in [0.1, 0.15) is 13.3 Å². The molecule has 0 aliphatic carbocycles. The van der Waals surface area contributed by atoms with Crippen LogP contribution in [0.5, 0.6) is 0 Å². The molecule has 0 aromatic carbocycles. The van der Waals surface area contributed by atoms with Crippen molar-refractivity contribution in [2.75, 3.05) is 23.7 Å². The Morgan fingerprint density at radius 2 is 2.26 bits per heavy atom. The van der Waals surface area contributed by atoms with Crippen molar-refractivity contribution in [3.8, 4) is 0 Å². The normalized spacial score (nSPS) is 17.9. The fourth-order valence-corrected chi connectivity index (χ4v) is 1.85. The van der Waals surface area contributed by atoms with Crippen LogP contribution in [0, 0.1) is 10.1 Å². The number of nitrogens with zero attached hydrogens (tertiary/aromatic N) is 3. The van der Waals surface area contributed by atoms with Gasteiger partial charge in [-0.2, -0.15) is 0 Å². The Labute approximate surface area is 109 Å². The molecular formula is C10H14N6O3. The summed E-state index contributed by atoms with van der Waals surface area (Å²) in [5.41, 5.74) is -0.205. The predicted molar refractivity (Wildman–Crippen MR) is 67.9 cm³/mol. The van der Waals surface area contributed by atoms with Gasteiger partial charge in [0.05, 0.1) is 11.0 Å². The van der Waals surface area contributed by atoms with E-state index in [9.17, 15) is 14.9 Å². The molecule has 3 N–H and O–H groups in total. The summed E-state index contributed by atoms with van der Waals surface area (Å²) in [4.78, 5) is 29.4. The maximum Gasteiger partial charge on any atom is 0.353 e. The highest BCUT2D eigenvalue weighted by atomic mass is 16.6. The van der Waals surface area contributed by atoms with E-state index in [1.165, 1.54) is 6.33 Å². The first kappa shape index (κ1) is 13.0. The van der Waals surface area contributed by atoms with E-state index in [0.29, 0.717) is 13.1 Å². The summed E-state index contributed by atoms with van der Waals surface area (Å²) in [6, 6.07) is -0.199. The highest BCUT2D eigenvalue weighted by Crippen LogP contribution is 2.29. The molecule has 1 unspecified atom stereocenters. The van der Waals surface area contributed by atoms with Crippen molar-refractivity contribution in [3.63, 3.8) is 0 Å². The third-order valence-electron chi connectivity index (χ3n) is 2.67. The maximum atomic E-state index is 11.1. The molecule has 1 saturated heterocycles. The average molecular weight is 266 g/mol. The zero-order valence-corrected chi connectivity index (χ0v) is 10.3. The Hall–Kier alpha value is -2.45. The molecule has 1 amide bonds. The van der Waals surface area contributed by atoms with Gasteiger partial charge in [0, 0.05) is 19.5 Å². The second kappa shape index (κ2) is 5.46. The minimum absolute atomic E-state index is 0.0823. The van der Waals surface area contributed by atoms with Crippen molar-refractivity contribution in [1.82, 2.24) is 15.3 Å². The van der Waals surface area contributed by atoms with Crippen LogP contribution in [0.15, 0.2) is 6.33 Å². The van der Waals surface area contributed by atoms with Gasteiger partial charge in [-0.3, -0.25) is 14.9 Å². The largest absolute Gasteiger partial charge is 0.364 e. The maximum absolute atomic E-state index is 11.1. The first-order chi connectivity index (χ1) is 9.11. The Balaban J connectivity index is 2.26. The van der Waals surface area contributed by atoms with Gasteiger partial charge < -0.3 is 16.0 Å². The van der Waals surface area contributed by atoms with E-state index in [2.05, 4.69) is 25.9 Å². The first-order valence-electron chi connectivity index (χ1n) is 5.88. The number of carbonyl (C=O) groups excluding carboxylic acids is 1. The fraction of sp³-hybridized carbons (Fsp3) is 0.500. The topological polar surface area (TPSA) is 122 Å². The number of amides is 1. The molecule has 19 heavy (non-hydrogen) atoms. The van der Waals surface area contributed by atoms with Crippen LogP contribution in [0.3, 0.4) is 0 Å². The minimum atomic E-state index is -0.537. The number of anilines is 2. The molecule has 1 aromatic heterocycles. The summed E-state index contributed by atoms with van der Waals surface area (Å²) in [5, 5.41) is 19.5. The molecule has 0 saturated carbocycles. The second-order valence-electron chi connectivity index (χ2n) is 4.06. The molecule has 1 atom stereocenters. The van der Waals surface area contributed by atoms with Crippen molar-refractivity contribution >= 4 is 23.2 Å². The van der Waals surface area contributed by atoms with E-state index >= 15 is 0 Å². The summed E-state index contributed by atoms with van der Waals surface area (Å²) in [7, 11) is 0. The molecule has 0 radical (unpaired) electrons. The minimum Gasteiger partial charge on any atom is -0.364 e. The molecule has 1 aliphatic rings. The number of carbonyl (C=O) groups is 1. The predicted octanol–water partition coefficient (Wildman–Crippen LogP) is 0.117. The van der Waals surface area contributed by atoms with E-state index in [4.69, 9.17) is 0 Å². The van der Waals surface area contributed by atoms with E-state index < -0.39 is 4.92 Å². The zero-order valence-electron chi connectivity index (χ0n) is 10.3. The number of hydrogen-bond donors (Lipinski definition) is 3. The Bertz CT molecular complexity index is 506. The average Bonchev–Trinajstić information content (AvgIpc) is 2.75. The van der Waals surface area contributed by atoms with Gasteiger partial charge in [0.1, 0.15) is 6.33 Å². The lowest BCUT2D eigenvalue weighted by Gasteiger charge is -2.12. The third kappa shape index (κ3) is 2.87. The van der Waals surface area contributed by atoms with Crippen LogP contribution < -0.4 is 16.0 Å². The van der Waals surface area contributed by atoms with Crippen molar-refractivity contribution in [2.24, 2.45) is 0 Å². The smallest absolute Gasteiger partial charge is 0.353 e. The summed E-state index contributed by atoms with van der Waals surface area (Å²) in [6.45, 7) is 2.76. The van der Waals surface area contributed by atoms with Gasteiger partial charge in [-0.05, 0) is 6.92 Å². The SMILES string of the molecule is CCNc1ncnc(NC2CNC(=O)C2)c1[N+](=O)[O-]. The second-order valence-corrected chi connectivity index (χ2v) is 4.06. The zero-order chi connectivity index (χ0) is 13.8. The number of aromatic nitrogens is 2. The molecule has 0 spiro atoms. The molecule has 1 fully saturated rings. The van der Waals surface area contributed by atoms with Gasteiger partial charge >= 0.3 is 5.69 Å². The highest BCUT2D eigenvalue weighted by Gasteiger charge is 2.27. The summed E-state index contributed by atoms with van der Waals surface area (Å²) >= 11 is 0. The lowest BCUT2D eigenvalue weighted by atomic mass is 10.2. The molecule has 1 aromatic rings. The van der Waals surface area contributed by atoms with Crippen molar-refractivity contribution < 1.29 is 9.72 Å². The van der Waals surface area contributed by atoms with E-state index in [0.717, 1.165) is 0 Å². The van der Waals surface area contributed by atoms with E-state index in [1.54, 1.807) is 0 Å². The van der Waals surface area contributed by atoms with Crippen LogP contribution in [0.4, 0.5) is 17.3 Å². The molecule has 1 aliphatic heterocycles. The molecule has 2 rings (SSSR count). The molecule has 102 valence electrons. The highest BCUT2D eigenvalue weighted by molar-refractivity contribution is 5.80. The quantitative estimate of drug-likeness (QED) is 0.511. The molecule has 0 bridgehead atoms. The molecular weight excluding hydrogens is 252 g/mol. The standard InChI is InChI=1S/C10H14N6O3/c1-2-11-9-8(16(18)19)10(14-5-13-9)15-6-3-7(17)12-4-6/h5-6H,2-4H2,1H3,(H,12,17)(H2,11,13,14,15). The van der Waals surface area contributed by atoms with Gasteiger partial charge in [0.15, 0.2) is 0 Å². The number of nitro groups is 1. The number of rotatable bonds is 5. The Morgan fingerprint density at radius 1 is 1.53 bits per heavy atom. The molecule has 9 heteroatoms. The van der Waals surface area contributed by atoms with Crippen molar-refractivity contribution in [2.45, 2.75) is 19.4 Å². The van der Waals surface area contributed by atoms with E-state index in [1.807, 2.05) is 6.92 Å². The summed E-state index contributed by atoms with van der Waals surface area (Å²) in [6.07, 6.45) is 1.52. The lowest BCUT2D eigenvalue weighted by Crippen LogP contribution is -2.23. The van der Waals surface area contributed by atoms with Crippen LogP contribution in [-0.4, -0.2) is 39.9 Å². The summed E-state index contributed by atoms with van der Waals surface area (Å²) < 4.78 is 0. The van der Waals surface area contributed by atoms with Crippen LogP contribution in [-0.2, 0) is 4.79 Å². The van der Waals surface area contributed by atoms with Crippen LogP contribution >= 0.6 is 0 Å². The Morgan fingerprint density at radius 3 is 2.84 bits per heavy atom. The first-order valence-corrected chi connectivity index (χ1v) is 5.88. The fourth-order valence-electron chi connectivity index (χ4n) is 1.85. The monoisotopic (exact) mass is 266 g/mol. The van der Waals surface area contributed by atoms with Gasteiger partial charge in [-0.15, -0.1) is 0 Å². The van der Waals surface area contributed by atoms with Gasteiger partial charge in [0.25, 0.3) is 0 Å². The molecule has 2 heterocycles. The summed E-state index contributed by atoms with van der Waals surface area (Å²) in [5.74, 6) is 0.209. The lowest BCUT2D eigenvalue weighted by molar-refractivity contribution is -0.383. The number of hydrogen-bond acceptors (Lipinski definition) is 7. The van der Waals surface area contributed by atoms with Gasteiger partial charge in [-0.25, -0.2) is 9.97 Å². The third-order valence-corrected chi connectivity index (χ3v) is 2.67. The van der Waals surface area contributed by atoms with Gasteiger partial charge in [0.2, 0.25) is 17.5 Å². The van der Waals surface area contributed by atoms with Crippen LogP contribution in [0.25, 0.3) is 0 Å². The van der Waals surface area contributed by atoms with Crippen molar-refractivity contribution in [1.29, 1.82) is 0 Å². The number of nitrogens with one attached hydrogen (secondary N) is 3. The molecule has 9 nitrogen and oxygen atoms in total.